The molecule has 0 aromatic carbocycles. The number of alkyl halides is 3. The number of thiocarbonyl (C=S) groups is 2. The van der Waals surface area contributed by atoms with E-state index in [1.807, 2.05) is 13.8 Å². The molecule has 0 aliphatic heterocycles. The van der Waals surface area contributed by atoms with Crippen LogP contribution in [0.2, 0.25) is 0 Å². The van der Waals surface area contributed by atoms with Gasteiger partial charge in [-0.05, 0) is 31.7 Å². The van der Waals surface area contributed by atoms with Crippen LogP contribution in [0.1, 0.15) is 62.2 Å². The first-order valence-corrected chi connectivity index (χ1v) is 7.43. The van der Waals surface area contributed by atoms with Crippen LogP contribution in [0, 0.1) is 5.92 Å². The second-order valence-electron chi connectivity index (χ2n) is 5.32. The molecule has 1 heterocycles. The van der Waals surface area contributed by atoms with E-state index in [9.17, 15) is 13.2 Å². The molecule has 1 aromatic rings. The molecule has 0 N–H and O–H groups in total. The van der Waals surface area contributed by atoms with Crippen LogP contribution >= 0.6 is 24.4 Å². The summed E-state index contributed by atoms with van der Waals surface area (Å²) >= 11 is 10.3. The fourth-order valence-corrected chi connectivity index (χ4v) is 2.86. The zero-order valence-electron chi connectivity index (χ0n) is 12.5. The summed E-state index contributed by atoms with van der Waals surface area (Å²) in [4.78, 5) is 4.58. The van der Waals surface area contributed by atoms with E-state index in [1.54, 1.807) is 13.8 Å². The van der Waals surface area contributed by atoms with Crippen molar-refractivity contribution < 1.29 is 13.2 Å². The van der Waals surface area contributed by atoms with Gasteiger partial charge in [0.25, 0.3) is 6.43 Å². The van der Waals surface area contributed by atoms with E-state index in [1.165, 1.54) is 0 Å². The Morgan fingerprint density at radius 1 is 1.10 bits per heavy atom. The molecule has 0 saturated heterocycles. The lowest BCUT2D eigenvalue weighted by atomic mass is 9.89. The molecule has 0 amide bonds. The van der Waals surface area contributed by atoms with E-state index in [0.29, 0.717) is 27.3 Å². The quantitative estimate of drug-likeness (QED) is 0.527. The number of rotatable bonds is 6. The molecular formula is C15H18F3NS2. The molecule has 0 spiro atoms. The molecule has 21 heavy (non-hydrogen) atoms. The molecule has 1 nitrogen and oxygen atoms in total. The smallest absolute Gasteiger partial charge is 0.248 e. The SMILES string of the molecule is CC(=S)c1c(CF)nc(C(F)F)c(C(C)=S)c1CC(C)C. The Hall–Kier alpha value is -0.880. The van der Waals surface area contributed by atoms with Crippen LogP contribution in [0.3, 0.4) is 0 Å². The Labute approximate surface area is 134 Å². The molecule has 116 valence electrons. The Morgan fingerprint density at radius 3 is 1.95 bits per heavy atom. The Morgan fingerprint density at radius 2 is 1.62 bits per heavy atom. The second-order valence-corrected chi connectivity index (χ2v) is 6.54. The van der Waals surface area contributed by atoms with Crippen LogP contribution < -0.4 is 0 Å². The van der Waals surface area contributed by atoms with Gasteiger partial charge in [-0.25, -0.2) is 18.2 Å². The summed E-state index contributed by atoms with van der Waals surface area (Å²) in [6.45, 7) is 6.23. The van der Waals surface area contributed by atoms with E-state index in [2.05, 4.69) is 4.98 Å². The van der Waals surface area contributed by atoms with Crippen LogP contribution in [0.25, 0.3) is 0 Å². The molecule has 1 aromatic heterocycles. The molecule has 0 unspecified atom stereocenters. The van der Waals surface area contributed by atoms with Crippen molar-refractivity contribution in [2.45, 2.75) is 47.2 Å². The standard InChI is InChI=1S/C15H18F3NS2/c1-7(2)5-10-12(8(3)20)11(6-16)19-14(15(17)18)13(10)9(4)21/h7,15H,5-6H2,1-4H3. The number of hydrogen-bond donors (Lipinski definition) is 0. The first-order chi connectivity index (χ1) is 9.70. The van der Waals surface area contributed by atoms with Crippen molar-refractivity contribution in [3.8, 4) is 0 Å². The highest BCUT2D eigenvalue weighted by Gasteiger charge is 2.26. The van der Waals surface area contributed by atoms with E-state index in [4.69, 9.17) is 24.4 Å². The normalized spacial score (nSPS) is 11.3. The summed E-state index contributed by atoms with van der Waals surface area (Å²) in [5, 5.41) is 0. The molecular weight excluding hydrogens is 315 g/mol. The average Bonchev–Trinajstić information content (AvgIpc) is 2.35. The van der Waals surface area contributed by atoms with Crippen LogP contribution in [-0.4, -0.2) is 14.7 Å². The van der Waals surface area contributed by atoms with Gasteiger partial charge >= 0.3 is 0 Å². The van der Waals surface area contributed by atoms with Gasteiger partial charge in [-0.3, -0.25) is 0 Å². The molecule has 0 aliphatic rings. The summed E-state index contributed by atoms with van der Waals surface area (Å²) in [6.07, 6.45) is -2.30. The van der Waals surface area contributed by atoms with E-state index < -0.39 is 18.8 Å². The minimum Gasteiger partial charge on any atom is -0.248 e. The maximum absolute atomic E-state index is 13.3. The minimum absolute atomic E-state index is 0.0200. The highest BCUT2D eigenvalue weighted by molar-refractivity contribution is 7.81. The van der Waals surface area contributed by atoms with Gasteiger partial charge in [0.05, 0.1) is 5.69 Å². The molecule has 1 rings (SSSR count). The first kappa shape index (κ1) is 18.2. The van der Waals surface area contributed by atoms with Gasteiger partial charge in [0.15, 0.2) is 0 Å². The number of hydrogen-bond acceptors (Lipinski definition) is 3. The molecule has 0 atom stereocenters. The molecule has 0 fully saturated rings. The predicted octanol–water partition coefficient (Wildman–Crippen LogP) is 5.16. The predicted molar refractivity (Wildman–Crippen MR) is 87.3 cm³/mol. The fourth-order valence-electron chi connectivity index (χ4n) is 2.39. The van der Waals surface area contributed by atoms with Gasteiger partial charge in [-0.15, -0.1) is 0 Å². The third-order valence-corrected chi connectivity index (χ3v) is 3.46. The highest BCUT2D eigenvalue weighted by atomic mass is 32.1. The lowest BCUT2D eigenvalue weighted by molar-refractivity contribution is 0.145. The van der Waals surface area contributed by atoms with Crippen LogP contribution in [0.5, 0.6) is 0 Å². The van der Waals surface area contributed by atoms with Crippen molar-refractivity contribution >= 4 is 34.2 Å². The van der Waals surface area contributed by atoms with Crippen molar-refractivity contribution in [3.63, 3.8) is 0 Å². The summed E-state index contributed by atoms with van der Waals surface area (Å²) in [5.41, 5.74) is 0.858. The van der Waals surface area contributed by atoms with Gasteiger partial charge in [0.2, 0.25) is 0 Å². The van der Waals surface area contributed by atoms with Crippen molar-refractivity contribution in [2.24, 2.45) is 5.92 Å². The Kier molecular flexibility index (Phi) is 6.41. The van der Waals surface area contributed by atoms with E-state index in [0.717, 1.165) is 0 Å². The van der Waals surface area contributed by atoms with Gasteiger partial charge < -0.3 is 0 Å². The van der Waals surface area contributed by atoms with Crippen LogP contribution in [0.15, 0.2) is 0 Å². The number of aromatic nitrogens is 1. The summed E-state index contributed by atoms with van der Waals surface area (Å²) in [5.74, 6) is 0.201. The van der Waals surface area contributed by atoms with Crippen molar-refractivity contribution in [3.05, 3.63) is 28.1 Å². The first-order valence-electron chi connectivity index (χ1n) is 6.62. The molecule has 6 heteroatoms. The molecule has 0 saturated carbocycles. The monoisotopic (exact) mass is 333 g/mol. The third-order valence-electron chi connectivity index (χ3n) is 3.05. The summed E-state index contributed by atoms with van der Waals surface area (Å²) < 4.78 is 39.8. The lowest BCUT2D eigenvalue weighted by Crippen LogP contribution is -2.17. The fraction of sp³-hybridized carbons (Fsp3) is 0.533. The lowest BCUT2D eigenvalue weighted by Gasteiger charge is -2.21. The van der Waals surface area contributed by atoms with Crippen molar-refractivity contribution in [1.82, 2.24) is 4.98 Å². The van der Waals surface area contributed by atoms with Crippen LogP contribution in [-0.2, 0) is 13.1 Å². The van der Waals surface area contributed by atoms with Crippen molar-refractivity contribution in [1.29, 1.82) is 0 Å². The van der Waals surface area contributed by atoms with Crippen molar-refractivity contribution in [2.75, 3.05) is 0 Å². The summed E-state index contributed by atoms with van der Waals surface area (Å²) in [7, 11) is 0. The largest absolute Gasteiger partial charge is 0.281 e. The van der Waals surface area contributed by atoms with Gasteiger partial charge in [-0.1, -0.05) is 38.3 Å². The van der Waals surface area contributed by atoms with E-state index >= 15 is 0 Å². The van der Waals surface area contributed by atoms with E-state index in [-0.39, 0.29) is 17.2 Å². The molecule has 0 radical (unpaired) electrons. The highest BCUT2D eigenvalue weighted by Crippen LogP contribution is 2.31. The van der Waals surface area contributed by atoms with Crippen LogP contribution in [0.4, 0.5) is 13.2 Å². The van der Waals surface area contributed by atoms with Gasteiger partial charge in [0, 0.05) is 20.9 Å². The maximum atomic E-state index is 13.3. The zero-order valence-corrected chi connectivity index (χ0v) is 14.1. The maximum Gasteiger partial charge on any atom is 0.281 e. The average molecular weight is 333 g/mol. The Balaban J connectivity index is 3.83. The molecule has 0 aliphatic carbocycles. The minimum atomic E-state index is -2.80. The Bertz CT molecular complexity index is 569. The summed E-state index contributed by atoms with van der Waals surface area (Å²) in [6, 6.07) is 0. The molecule has 0 bridgehead atoms. The van der Waals surface area contributed by atoms with Gasteiger partial charge in [0.1, 0.15) is 12.4 Å². The topological polar surface area (TPSA) is 12.9 Å². The second kappa shape index (κ2) is 7.40. The number of pyridine rings is 1. The van der Waals surface area contributed by atoms with Gasteiger partial charge in [-0.2, -0.15) is 0 Å². The number of nitrogens with zero attached hydrogens (tertiary/aromatic N) is 1. The third kappa shape index (κ3) is 4.07. The number of halogens is 3. The zero-order chi connectivity index (χ0) is 16.3.